The average molecular weight is 182 g/mol. The summed E-state index contributed by atoms with van der Waals surface area (Å²) >= 11 is 0. The van der Waals surface area contributed by atoms with Crippen LogP contribution in [0, 0.1) is 17.8 Å². The monoisotopic (exact) mass is 182 g/mol. The topological polar surface area (TPSA) is 57.5 Å². The van der Waals surface area contributed by atoms with E-state index in [4.69, 9.17) is 5.11 Å². The predicted octanol–water partition coefficient (Wildman–Crippen LogP) is 1.03. The summed E-state index contributed by atoms with van der Waals surface area (Å²) in [7, 11) is 0. The van der Waals surface area contributed by atoms with Crippen molar-refractivity contribution in [3.05, 3.63) is 12.2 Å². The first-order chi connectivity index (χ1) is 6.22. The average Bonchev–Trinajstić information content (AvgIpc) is 2.74. The minimum atomic E-state index is -0.746. The zero-order valence-corrected chi connectivity index (χ0v) is 7.39. The molecule has 0 bridgehead atoms. The molecule has 2 N–H and O–H groups in total. The van der Waals surface area contributed by atoms with Crippen LogP contribution in [0.1, 0.15) is 19.3 Å². The number of allylic oxidation sites excluding steroid dienone is 1. The van der Waals surface area contributed by atoms with Crippen LogP contribution in [-0.4, -0.2) is 22.3 Å². The van der Waals surface area contributed by atoms with E-state index in [1.807, 2.05) is 6.08 Å². The number of aliphatic carboxylic acids is 1. The van der Waals surface area contributed by atoms with Crippen molar-refractivity contribution in [1.29, 1.82) is 0 Å². The highest BCUT2D eigenvalue weighted by molar-refractivity contribution is 5.74. The van der Waals surface area contributed by atoms with Crippen molar-refractivity contribution in [2.24, 2.45) is 17.8 Å². The third-order valence-electron chi connectivity index (χ3n) is 3.15. The molecule has 2 rings (SSSR count). The number of aliphatic hydroxyl groups is 1. The SMILES string of the molecule is O=C(O)[C@@H]1[C@@H]2CCC/C=C/[C@H](O)[C@@H]21. The number of carboxylic acid groups (broad SMARTS) is 1. The van der Waals surface area contributed by atoms with Crippen molar-refractivity contribution < 1.29 is 15.0 Å². The van der Waals surface area contributed by atoms with E-state index in [9.17, 15) is 9.90 Å². The number of carboxylic acids is 1. The summed E-state index contributed by atoms with van der Waals surface area (Å²) in [6, 6.07) is 0. The molecule has 0 spiro atoms. The summed E-state index contributed by atoms with van der Waals surface area (Å²) in [6.07, 6.45) is 6.13. The Morgan fingerprint density at radius 2 is 2.23 bits per heavy atom. The van der Waals surface area contributed by atoms with Gasteiger partial charge in [-0.3, -0.25) is 4.79 Å². The highest BCUT2D eigenvalue weighted by atomic mass is 16.4. The summed E-state index contributed by atoms with van der Waals surface area (Å²) in [4.78, 5) is 10.8. The lowest BCUT2D eigenvalue weighted by molar-refractivity contribution is -0.139. The van der Waals surface area contributed by atoms with Crippen molar-refractivity contribution in [3.63, 3.8) is 0 Å². The molecule has 13 heavy (non-hydrogen) atoms. The number of fused-ring (bicyclic) bond motifs is 1. The third-order valence-corrected chi connectivity index (χ3v) is 3.15. The van der Waals surface area contributed by atoms with E-state index in [1.54, 1.807) is 6.08 Å². The Hall–Kier alpha value is -0.830. The predicted molar refractivity (Wildman–Crippen MR) is 47.1 cm³/mol. The molecule has 2 aliphatic rings. The maximum atomic E-state index is 10.8. The van der Waals surface area contributed by atoms with Gasteiger partial charge < -0.3 is 10.2 Å². The quantitative estimate of drug-likeness (QED) is 0.595. The zero-order chi connectivity index (χ0) is 9.42. The molecule has 0 heterocycles. The molecule has 0 aromatic rings. The molecule has 3 nitrogen and oxygen atoms in total. The molecular formula is C10H14O3. The van der Waals surface area contributed by atoms with Gasteiger partial charge in [-0.2, -0.15) is 0 Å². The molecule has 0 aromatic carbocycles. The van der Waals surface area contributed by atoms with Crippen LogP contribution in [0.25, 0.3) is 0 Å². The molecule has 0 unspecified atom stereocenters. The molecule has 0 aromatic heterocycles. The molecule has 3 heteroatoms. The van der Waals surface area contributed by atoms with Gasteiger partial charge in [-0.1, -0.05) is 12.2 Å². The normalized spacial score (nSPS) is 45.6. The summed E-state index contributed by atoms with van der Waals surface area (Å²) in [5, 5.41) is 18.4. The van der Waals surface area contributed by atoms with Gasteiger partial charge in [-0.05, 0) is 25.2 Å². The van der Waals surface area contributed by atoms with Gasteiger partial charge in [0.05, 0.1) is 12.0 Å². The number of carbonyl (C=O) groups is 1. The van der Waals surface area contributed by atoms with Gasteiger partial charge >= 0.3 is 5.97 Å². The molecule has 0 aliphatic heterocycles. The van der Waals surface area contributed by atoms with E-state index in [0.29, 0.717) is 0 Å². The summed E-state index contributed by atoms with van der Waals surface area (Å²) in [6.45, 7) is 0. The van der Waals surface area contributed by atoms with E-state index >= 15 is 0 Å². The van der Waals surface area contributed by atoms with Crippen LogP contribution < -0.4 is 0 Å². The lowest BCUT2D eigenvalue weighted by atomic mass is 10.0. The highest BCUT2D eigenvalue weighted by Gasteiger charge is 2.57. The molecule has 1 saturated carbocycles. The maximum absolute atomic E-state index is 10.8. The lowest BCUT2D eigenvalue weighted by Crippen LogP contribution is -2.11. The number of hydrogen-bond acceptors (Lipinski definition) is 2. The highest BCUT2D eigenvalue weighted by Crippen LogP contribution is 2.52. The van der Waals surface area contributed by atoms with E-state index in [2.05, 4.69) is 0 Å². The Morgan fingerprint density at radius 3 is 2.92 bits per heavy atom. The van der Waals surface area contributed by atoms with Crippen LogP contribution in [0.5, 0.6) is 0 Å². The van der Waals surface area contributed by atoms with Gasteiger partial charge in [-0.15, -0.1) is 0 Å². The molecule has 0 amide bonds. The van der Waals surface area contributed by atoms with E-state index in [1.165, 1.54) is 0 Å². The molecule has 2 aliphatic carbocycles. The summed E-state index contributed by atoms with van der Waals surface area (Å²) < 4.78 is 0. The standard InChI is InChI=1S/C10H14O3/c11-7-5-3-1-2-4-6-8(7)9(6)10(12)13/h3,5-9,11H,1-2,4H2,(H,12,13)/b5-3+/t6-,7+,8-,9-/m1/s1. The molecule has 4 atom stereocenters. The van der Waals surface area contributed by atoms with Gasteiger partial charge in [0, 0.05) is 5.92 Å². The first-order valence-electron chi connectivity index (χ1n) is 4.79. The fourth-order valence-corrected chi connectivity index (χ4v) is 2.42. The van der Waals surface area contributed by atoms with Crippen molar-refractivity contribution in [1.82, 2.24) is 0 Å². The second kappa shape index (κ2) is 3.14. The fourth-order valence-electron chi connectivity index (χ4n) is 2.42. The third kappa shape index (κ3) is 1.48. The van der Waals surface area contributed by atoms with Crippen LogP contribution in [0.15, 0.2) is 12.2 Å². The van der Waals surface area contributed by atoms with E-state index in [-0.39, 0.29) is 17.8 Å². The lowest BCUT2D eigenvalue weighted by Gasteiger charge is -2.06. The smallest absolute Gasteiger partial charge is 0.307 e. The van der Waals surface area contributed by atoms with Gasteiger partial charge in [0.2, 0.25) is 0 Å². The van der Waals surface area contributed by atoms with Crippen molar-refractivity contribution in [2.75, 3.05) is 0 Å². The van der Waals surface area contributed by atoms with E-state index < -0.39 is 12.1 Å². The number of hydrogen-bond donors (Lipinski definition) is 2. The Morgan fingerprint density at radius 1 is 1.46 bits per heavy atom. The van der Waals surface area contributed by atoms with Gasteiger partial charge in [0.25, 0.3) is 0 Å². The number of aliphatic hydroxyl groups excluding tert-OH is 1. The van der Waals surface area contributed by atoms with Gasteiger partial charge in [-0.25, -0.2) is 0 Å². The van der Waals surface area contributed by atoms with Crippen molar-refractivity contribution in [2.45, 2.75) is 25.4 Å². The Labute approximate surface area is 77.1 Å². The summed E-state index contributed by atoms with van der Waals surface area (Å²) in [5.74, 6) is -0.839. The van der Waals surface area contributed by atoms with Crippen molar-refractivity contribution >= 4 is 5.97 Å². The summed E-state index contributed by atoms with van der Waals surface area (Å²) in [5.41, 5.74) is 0. The minimum absolute atomic E-state index is 0.0194. The maximum Gasteiger partial charge on any atom is 0.307 e. The Balaban J connectivity index is 2.09. The first kappa shape index (κ1) is 8.75. The van der Waals surface area contributed by atoms with Crippen LogP contribution in [0.2, 0.25) is 0 Å². The second-order valence-electron chi connectivity index (χ2n) is 3.95. The van der Waals surface area contributed by atoms with Gasteiger partial charge in [0.15, 0.2) is 0 Å². The molecule has 0 radical (unpaired) electrons. The fraction of sp³-hybridized carbons (Fsp3) is 0.700. The zero-order valence-electron chi connectivity index (χ0n) is 7.39. The van der Waals surface area contributed by atoms with Crippen LogP contribution in [-0.2, 0) is 4.79 Å². The Kier molecular flexibility index (Phi) is 2.12. The van der Waals surface area contributed by atoms with Crippen molar-refractivity contribution in [3.8, 4) is 0 Å². The second-order valence-corrected chi connectivity index (χ2v) is 3.95. The molecule has 72 valence electrons. The molecule has 0 saturated heterocycles. The van der Waals surface area contributed by atoms with Crippen LogP contribution >= 0.6 is 0 Å². The van der Waals surface area contributed by atoms with Crippen LogP contribution in [0.3, 0.4) is 0 Å². The van der Waals surface area contributed by atoms with E-state index in [0.717, 1.165) is 19.3 Å². The minimum Gasteiger partial charge on any atom is -0.481 e. The van der Waals surface area contributed by atoms with Crippen LogP contribution in [0.4, 0.5) is 0 Å². The first-order valence-corrected chi connectivity index (χ1v) is 4.79. The Bertz CT molecular complexity index is 247. The van der Waals surface area contributed by atoms with Gasteiger partial charge in [0.1, 0.15) is 0 Å². The molecular weight excluding hydrogens is 168 g/mol. The number of rotatable bonds is 1. The largest absolute Gasteiger partial charge is 0.481 e. The molecule has 1 fully saturated rings.